The Bertz CT molecular complexity index is 506. The van der Waals surface area contributed by atoms with Gasteiger partial charge in [0.05, 0.1) is 12.2 Å². The molecule has 0 bridgehead atoms. The summed E-state index contributed by atoms with van der Waals surface area (Å²) in [5.74, 6) is 1.49. The zero-order chi connectivity index (χ0) is 14.2. The van der Waals surface area contributed by atoms with Crippen LogP contribution in [0.25, 0.3) is 0 Å². The van der Waals surface area contributed by atoms with Crippen molar-refractivity contribution in [2.24, 2.45) is 11.8 Å². The van der Waals surface area contributed by atoms with E-state index >= 15 is 0 Å². The minimum absolute atomic E-state index is 0.335. The summed E-state index contributed by atoms with van der Waals surface area (Å²) in [7, 11) is 0. The van der Waals surface area contributed by atoms with Crippen molar-refractivity contribution in [1.29, 1.82) is 0 Å². The molecule has 1 aromatic carbocycles. The van der Waals surface area contributed by atoms with Gasteiger partial charge in [0, 0.05) is 23.7 Å². The number of nitrogens with one attached hydrogen (secondary N) is 1. The van der Waals surface area contributed by atoms with Crippen molar-refractivity contribution in [3.8, 4) is 0 Å². The van der Waals surface area contributed by atoms with Gasteiger partial charge in [-0.05, 0) is 44.6 Å². The first-order valence-electron chi connectivity index (χ1n) is 8.81. The van der Waals surface area contributed by atoms with Gasteiger partial charge in [0.1, 0.15) is 0 Å². The average molecular weight is 285 g/mol. The van der Waals surface area contributed by atoms with Gasteiger partial charge in [-0.25, -0.2) is 0 Å². The molecule has 1 aliphatic carbocycles. The van der Waals surface area contributed by atoms with E-state index in [2.05, 4.69) is 30.4 Å². The van der Waals surface area contributed by atoms with Crippen molar-refractivity contribution in [3.05, 3.63) is 29.3 Å². The first-order chi connectivity index (χ1) is 10.3. The molecule has 21 heavy (non-hydrogen) atoms. The molecule has 3 aliphatic rings. The number of rotatable bonds is 1. The molecule has 1 saturated heterocycles. The van der Waals surface area contributed by atoms with Gasteiger partial charge in [0.15, 0.2) is 0 Å². The van der Waals surface area contributed by atoms with Crippen LogP contribution in [0.4, 0.5) is 5.69 Å². The van der Waals surface area contributed by atoms with Crippen LogP contribution in [-0.4, -0.2) is 12.6 Å². The lowest BCUT2D eigenvalue weighted by molar-refractivity contribution is -0.113. The average Bonchev–Trinajstić information content (AvgIpc) is 2.55. The standard InChI is InChI=1S/C19H27NO/c1-13-7-9-17-16(11-13)19-15(12-20-17)8-10-18(21-19)14-5-3-2-4-6-14/h7,9,11,14-15,18-20H,2-6,8,10,12H2,1H3. The fourth-order valence-corrected chi connectivity index (χ4v) is 4.61. The molecule has 0 spiro atoms. The highest BCUT2D eigenvalue weighted by atomic mass is 16.5. The summed E-state index contributed by atoms with van der Waals surface area (Å²) in [6.07, 6.45) is 10.5. The Morgan fingerprint density at radius 1 is 1.00 bits per heavy atom. The lowest BCUT2D eigenvalue weighted by Crippen LogP contribution is -2.40. The summed E-state index contributed by atoms with van der Waals surface area (Å²) in [5, 5.41) is 3.60. The van der Waals surface area contributed by atoms with Crippen LogP contribution >= 0.6 is 0 Å². The van der Waals surface area contributed by atoms with Crippen LogP contribution in [-0.2, 0) is 4.74 Å². The maximum Gasteiger partial charge on any atom is 0.0893 e. The van der Waals surface area contributed by atoms with E-state index in [0.717, 1.165) is 12.5 Å². The second kappa shape index (κ2) is 5.64. The molecule has 2 nitrogen and oxygen atoms in total. The van der Waals surface area contributed by atoms with Crippen LogP contribution in [0.1, 0.15) is 62.2 Å². The molecule has 1 N–H and O–H groups in total. The third kappa shape index (κ3) is 2.59. The molecule has 4 rings (SSSR count). The Morgan fingerprint density at radius 2 is 1.86 bits per heavy atom. The smallest absolute Gasteiger partial charge is 0.0893 e. The van der Waals surface area contributed by atoms with Crippen molar-refractivity contribution in [1.82, 2.24) is 0 Å². The highest BCUT2D eigenvalue weighted by Crippen LogP contribution is 2.45. The van der Waals surface area contributed by atoms with Gasteiger partial charge < -0.3 is 10.1 Å². The number of aryl methyl sites for hydroxylation is 1. The zero-order valence-electron chi connectivity index (χ0n) is 13.1. The third-order valence-electron chi connectivity index (χ3n) is 5.82. The number of benzene rings is 1. The van der Waals surface area contributed by atoms with E-state index in [4.69, 9.17) is 4.74 Å². The van der Waals surface area contributed by atoms with Crippen LogP contribution in [0.5, 0.6) is 0 Å². The molecule has 2 aliphatic heterocycles. The largest absolute Gasteiger partial charge is 0.384 e. The predicted molar refractivity (Wildman–Crippen MR) is 86.6 cm³/mol. The normalized spacial score (nSPS) is 32.9. The minimum atomic E-state index is 0.335. The van der Waals surface area contributed by atoms with E-state index < -0.39 is 0 Å². The zero-order valence-corrected chi connectivity index (χ0v) is 13.1. The van der Waals surface area contributed by atoms with E-state index in [-0.39, 0.29) is 0 Å². The molecule has 1 aromatic rings. The van der Waals surface area contributed by atoms with E-state index in [0.29, 0.717) is 18.1 Å². The number of ether oxygens (including phenoxy) is 1. The van der Waals surface area contributed by atoms with E-state index in [1.165, 1.54) is 61.8 Å². The molecule has 114 valence electrons. The Hall–Kier alpha value is -1.02. The Labute approximate surface area is 128 Å². The quantitative estimate of drug-likeness (QED) is 0.797. The van der Waals surface area contributed by atoms with Gasteiger partial charge in [-0.3, -0.25) is 0 Å². The summed E-state index contributed by atoms with van der Waals surface area (Å²) in [4.78, 5) is 0. The van der Waals surface area contributed by atoms with Crippen molar-refractivity contribution < 1.29 is 4.74 Å². The Morgan fingerprint density at radius 3 is 2.71 bits per heavy atom. The molecule has 3 atom stereocenters. The van der Waals surface area contributed by atoms with Crippen molar-refractivity contribution in [2.75, 3.05) is 11.9 Å². The number of hydrogen-bond acceptors (Lipinski definition) is 2. The highest BCUT2D eigenvalue weighted by Gasteiger charge is 2.38. The van der Waals surface area contributed by atoms with Crippen LogP contribution in [0.3, 0.4) is 0 Å². The monoisotopic (exact) mass is 285 g/mol. The maximum absolute atomic E-state index is 6.67. The predicted octanol–water partition coefficient (Wildman–Crippen LogP) is 4.84. The van der Waals surface area contributed by atoms with Gasteiger partial charge in [-0.2, -0.15) is 0 Å². The lowest BCUT2D eigenvalue weighted by atomic mass is 9.78. The highest BCUT2D eigenvalue weighted by molar-refractivity contribution is 5.56. The topological polar surface area (TPSA) is 21.3 Å². The lowest BCUT2D eigenvalue weighted by Gasteiger charge is -2.44. The number of fused-ring (bicyclic) bond motifs is 3. The van der Waals surface area contributed by atoms with Crippen LogP contribution in [0.15, 0.2) is 18.2 Å². The fraction of sp³-hybridized carbons (Fsp3) is 0.684. The summed E-state index contributed by atoms with van der Waals surface area (Å²) in [6.45, 7) is 3.27. The summed E-state index contributed by atoms with van der Waals surface area (Å²) in [6, 6.07) is 6.77. The van der Waals surface area contributed by atoms with Gasteiger partial charge in [-0.15, -0.1) is 0 Å². The Kier molecular flexibility index (Phi) is 3.66. The first kappa shape index (κ1) is 13.6. The van der Waals surface area contributed by atoms with Crippen LogP contribution in [0, 0.1) is 18.8 Å². The second-order valence-electron chi connectivity index (χ2n) is 7.30. The molecule has 2 heteroatoms. The fourth-order valence-electron chi connectivity index (χ4n) is 4.61. The Balaban J connectivity index is 1.56. The molecule has 2 heterocycles. The van der Waals surface area contributed by atoms with Gasteiger partial charge >= 0.3 is 0 Å². The molecule has 0 aromatic heterocycles. The summed E-state index contributed by atoms with van der Waals surface area (Å²) in [5.41, 5.74) is 4.05. The van der Waals surface area contributed by atoms with E-state index in [1.807, 2.05) is 0 Å². The molecular weight excluding hydrogens is 258 g/mol. The molecule has 3 unspecified atom stereocenters. The summed E-state index contributed by atoms with van der Waals surface area (Å²) < 4.78 is 6.67. The van der Waals surface area contributed by atoms with Gasteiger partial charge in [0.25, 0.3) is 0 Å². The summed E-state index contributed by atoms with van der Waals surface area (Å²) >= 11 is 0. The second-order valence-corrected chi connectivity index (χ2v) is 7.30. The number of anilines is 1. The number of hydrogen-bond donors (Lipinski definition) is 1. The van der Waals surface area contributed by atoms with Crippen molar-refractivity contribution in [3.63, 3.8) is 0 Å². The van der Waals surface area contributed by atoms with Crippen LogP contribution in [0.2, 0.25) is 0 Å². The SMILES string of the molecule is Cc1ccc2c(c1)C1OC(C3CCCCC3)CCC1CN2. The molecular formula is C19H27NO. The van der Waals surface area contributed by atoms with Crippen LogP contribution < -0.4 is 5.32 Å². The molecule has 2 fully saturated rings. The first-order valence-corrected chi connectivity index (χ1v) is 8.81. The third-order valence-corrected chi connectivity index (χ3v) is 5.82. The van der Waals surface area contributed by atoms with Gasteiger partial charge in [0.2, 0.25) is 0 Å². The molecule has 1 saturated carbocycles. The van der Waals surface area contributed by atoms with Gasteiger partial charge in [-0.1, -0.05) is 37.0 Å². The molecule has 0 radical (unpaired) electrons. The van der Waals surface area contributed by atoms with E-state index in [1.54, 1.807) is 0 Å². The van der Waals surface area contributed by atoms with E-state index in [9.17, 15) is 0 Å². The molecule has 0 amide bonds. The minimum Gasteiger partial charge on any atom is -0.384 e. The van der Waals surface area contributed by atoms with Crippen molar-refractivity contribution in [2.45, 2.75) is 64.1 Å². The maximum atomic E-state index is 6.67. The van der Waals surface area contributed by atoms with Crippen molar-refractivity contribution >= 4 is 5.69 Å².